The van der Waals surface area contributed by atoms with E-state index in [9.17, 15) is 4.79 Å². The van der Waals surface area contributed by atoms with Crippen LogP contribution in [0.2, 0.25) is 0 Å². The van der Waals surface area contributed by atoms with Crippen LogP contribution in [0.15, 0.2) is 5.11 Å². The highest BCUT2D eigenvalue weighted by molar-refractivity contribution is 5.68. The summed E-state index contributed by atoms with van der Waals surface area (Å²) in [5.41, 5.74) is 7.79. The number of rotatable bonds is 3. The monoisotopic (exact) mass is 254 g/mol. The summed E-state index contributed by atoms with van der Waals surface area (Å²) in [5, 5.41) is 3.54. The molecular weight excluding hydrogens is 232 g/mol. The predicted molar refractivity (Wildman–Crippen MR) is 69.2 cm³/mol. The number of azide groups is 1. The highest BCUT2D eigenvalue weighted by Gasteiger charge is 2.27. The third kappa shape index (κ3) is 5.27. The Kier molecular flexibility index (Phi) is 5.28. The Morgan fingerprint density at radius 3 is 2.89 bits per heavy atom. The molecule has 1 fully saturated rings. The van der Waals surface area contributed by atoms with Crippen LogP contribution in [0.4, 0.5) is 4.79 Å². The molecule has 0 aromatic carbocycles. The van der Waals surface area contributed by atoms with Gasteiger partial charge in [-0.2, -0.15) is 0 Å². The third-order valence-electron chi connectivity index (χ3n) is 2.87. The van der Waals surface area contributed by atoms with E-state index < -0.39 is 5.60 Å². The first kappa shape index (κ1) is 14.6. The van der Waals surface area contributed by atoms with E-state index in [2.05, 4.69) is 10.0 Å². The Balaban J connectivity index is 2.42. The summed E-state index contributed by atoms with van der Waals surface area (Å²) in [5.74, 6) is 0.414. The molecule has 6 nitrogen and oxygen atoms in total. The quantitative estimate of drug-likeness (QED) is 0.440. The second kappa shape index (κ2) is 6.50. The van der Waals surface area contributed by atoms with E-state index in [1.807, 2.05) is 20.8 Å². The number of amides is 1. The molecule has 0 bridgehead atoms. The van der Waals surface area contributed by atoms with Crippen molar-refractivity contribution < 1.29 is 9.53 Å². The first-order chi connectivity index (χ1) is 8.42. The van der Waals surface area contributed by atoms with Gasteiger partial charge < -0.3 is 9.64 Å². The van der Waals surface area contributed by atoms with Gasteiger partial charge in [-0.1, -0.05) is 5.11 Å². The zero-order chi connectivity index (χ0) is 13.6. The fraction of sp³-hybridized carbons (Fsp3) is 0.917. The van der Waals surface area contributed by atoms with Crippen LogP contribution in [0.25, 0.3) is 10.4 Å². The maximum absolute atomic E-state index is 11.9. The predicted octanol–water partition coefficient (Wildman–Crippen LogP) is 3.33. The molecule has 1 unspecified atom stereocenters. The summed E-state index contributed by atoms with van der Waals surface area (Å²) in [6.45, 7) is 7.57. The van der Waals surface area contributed by atoms with Gasteiger partial charge in [-0.05, 0) is 51.5 Å². The van der Waals surface area contributed by atoms with Crippen molar-refractivity contribution >= 4 is 6.09 Å². The second-order valence-electron chi connectivity index (χ2n) is 5.68. The van der Waals surface area contributed by atoms with E-state index in [1.165, 1.54) is 0 Å². The number of piperidine rings is 1. The standard InChI is InChI=1S/C12H22N4O2/c1-12(2,3)18-11(17)16-8-4-5-10(9-16)6-7-14-15-13/h10H,4-9H2,1-3H3. The molecule has 1 rings (SSSR count). The van der Waals surface area contributed by atoms with Crippen molar-refractivity contribution in [2.24, 2.45) is 11.0 Å². The first-order valence-corrected chi connectivity index (χ1v) is 6.41. The molecule has 1 aliphatic heterocycles. The summed E-state index contributed by atoms with van der Waals surface area (Å²) >= 11 is 0. The van der Waals surface area contributed by atoms with Gasteiger partial charge in [-0.25, -0.2) is 4.79 Å². The maximum atomic E-state index is 11.9. The minimum atomic E-state index is -0.449. The number of hydrogen-bond donors (Lipinski definition) is 0. The normalized spacial score (nSPS) is 20.2. The summed E-state index contributed by atoms with van der Waals surface area (Å²) < 4.78 is 5.36. The molecule has 6 heteroatoms. The maximum Gasteiger partial charge on any atom is 0.410 e. The minimum absolute atomic E-state index is 0.240. The lowest BCUT2D eigenvalue weighted by atomic mass is 9.95. The number of likely N-dealkylation sites (tertiary alicyclic amines) is 1. The van der Waals surface area contributed by atoms with E-state index in [1.54, 1.807) is 4.90 Å². The number of carbonyl (C=O) groups is 1. The van der Waals surface area contributed by atoms with Gasteiger partial charge in [0.05, 0.1) is 0 Å². The Bertz CT molecular complexity index is 331. The Labute approximate surface area is 108 Å². The average Bonchev–Trinajstić information content (AvgIpc) is 2.27. The summed E-state index contributed by atoms with van der Waals surface area (Å²) in [6, 6.07) is 0. The lowest BCUT2D eigenvalue weighted by Crippen LogP contribution is -2.43. The van der Waals surface area contributed by atoms with Crippen molar-refractivity contribution in [2.75, 3.05) is 19.6 Å². The molecule has 1 heterocycles. The lowest BCUT2D eigenvalue weighted by molar-refractivity contribution is 0.0163. The third-order valence-corrected chi connectivity index (χ3v) is 2.87. The van der Waals surface area contributed by atoms with Crippen molar-refractivity contribution in [1.29, 1.82) is 0 Å². The second-order valence-corrected chi connectivity index (χ2v) is 5.68. The summed E-state index contributed by atoms with van der Waals surface area (Å²) in [4.78, 5) is 16.4. The SMILES string of the molecule is CC(C)(C)OC(=O)N1CCCC(CCN=[N+]=[N-])C1. The number of nitrogens with zero attached hydrogens (tertiary/aromatic N) is 4. The Hall–Kier alpha value is -1.42. The Morgan fingerprint density at radius 2 is 2.28 bits per heavy atom. The number of hydrogen-bond acceptors (Lipinski definition) is 3. The van der Waals surface area contributed by atoms with Crippen LogP contribution >= 0.6 is 0 Å². The van der Waals surface area contributed by atoms with E-state index >= 15 is 0 Å². The molecule has 0 radical (unpaired) electrons. The molecule has 0 aromatic rings. The minimum Gasteiger partial charge on any atom is -0.444 e. The van der Waals surface area contributed by atoms with Crippen molar-refractivity contribution in [1.82, 2.24) is 4.90 Å². The van der Waals surface area contributed by atoms with Gasteiger partial charge in [0.1, 0.15) is 5.60 Å². The fourth-order valence-corrected chi connectivity index (χ4v) is 2.08. The van der Waals surface area contributed by atoms with Crippen LogP contribution in [-0.2, 0) is 4.74 Å². The molecule has 0 N–H and O–H groups in total. The number of carbonyl (C=O) groups excluding carboxylic acids is 1. The van der Waals surface area contributed by atoms with Crippen LogP contribution in [0, 0.1) is 5.92 Å². The van der Waals surface area contributed by atoms with Gasteiger partial charge in [0.25, 0.3) is 0 Å². The fourth-order valence-electron chi connectivity index (χ4n) is 2.08. The average molecular weight is 254 g/mol. The molecule has 0 aliphatic carbocycles. The van der Waals surface area contributed by atoms with Crippen molar-refractivity contribution in [3.63, 3.8) is 0 Å². The van der Waals surface area contributed by atoms with Crippen LogP contribution in [0.1, 0.15) is 40.0 Å². The molecule has 102 valence electrons. The number of ether oxygens (including phenoxy) is 1. The highest BCUT2D eigenvalue weighted by atomic mass is 16.6. The first-order valence-electron chi connectivity index (χ1n) is 6.41. The van der Waals surface area contributed by atoms with Crippen LogP contribution < -0.4 is 0 Å². The molecule has 1 saturated heterocycles. The van der Waals surface area contributed by atoms with Gasteiger partial charge in [-0.3, -0.25) is 0 Å². The van der Waals surface area contributed by atoms with Crippen LogP contribution in [0.5, 0.6) is 0 Å². The van der Waals surface area contributed by atoms with Crippen LogP contribution in [-0.4, -0.2) is 36.2 Å². The van der Waals surface area contributed by atoms with Gasteiger partial charge in [0, 0.05) is 24.5 Å². The molecule has 0 saturated carbocycles. The van der Waals surface area contributed by atoms with E-state index in [4.69, 9.17) is 10.3 Å². The zero-order valence-electron chi connectivity index (χ0n) is 11.4. The largest absolute Gasteiger partial charge is 0.444 e. The molecule has 0 aromatic heterocycles. The van der Waals surface area contributed by atoms with Crippen LogP contribution in [0.3, 0.4) is 0 Å². The van der Waals surface area contributed by atoms with E-state index in [-0.39, 0.29) is 6.09 Å². The van der Waals surface area contributed by atoms with Gasteiger partial charge in [0.15, 0.2) is 0 Å². The Morgan fingerprint density at radius 1 is 1.56 bits per heavy atom. The van der Waals surface area contributed by atoms with Gasteiger partial charge in [0.2, 0.25) is 0 Å². The molecule has 1 atom stereocenters. The molecule has 1 aliphatic rings. The highest BCUT2D eigenvalue weighted by Crippen LogP contribution is 2.21. The van der Waals surface area contributed by atoms with E-state index in [0.717, 1.165) is 25.8 Å². The van der Waals surface area contributed by atoms with Gasteiger partial charge >= 0.3 is 6.09 Å². The summed E-state index contributed by atoms with van der Waals surface area (Å²) in [7, 11) is 0. The molecule has 0 spiro atoms. The lowest BCUT2D eigenvalue weighted by Gasteiger charge is -2.34. The smallest absolute Gasteiger partial charge is 0.410 e. The summed E-state index contributed by atoms with van der Waals surface area (Å²) in [6.07, 6.45) is 2.67. The van der Waals surface area contributed by atoms with Crippen molar-refractivity contribution in [3.05, 3.63) is 10.4 Å². The molecular formula is C12H22N4O2. The zero-order valence-corrected chi connectivity index (χ0v) is 11.4. The van der Waals surface area contributed by atoms with Crippen molar-refractivity contribution in [2.45, 2.75) is 45.6 Å². The molecule has 18 heavy (non-hydrogen) atoms. The van der Waals surface area contributed by atoms with Crippen molar-refractivity contribution in [3.8, 4) is 0 Å². The topological polar surface area (TPSA) is 78.3 Å². The molecule has 1 amide bonds. The van der Waals surface area contributed by atoms with E-state index in [0.29, 0.717) is 19.0 Å². The van der Waals surface area contributed by atoms with Gasteiger partial charge in [-0.15, -0.1) is 0 Å².